The molecule has 1 fully saturated rings. The first kappa shape index (κ1) is 27.9. The second-order valence-corrected chi connectivity index (χ2v) is 9.62. The molecule has 1 aliphatic heterocycles. The van der Waals surface area contributed by atoms with E-state index in [1.54, 1.807) is 47.3 Å². The third kappa shape index (κ3) is 7.71. The molecule has 0 spiro atoms. The number of rotatable bonds is 10. The number of aliphatic carboxylic acids is 1. The van der Waals surface area contributed by atoms with Gasteiger partial charge in [-0.25, -0.2) is 4.79 Å². The third-order valence-electron chi connectivity index (χ3n) is 6.41. The second kappa shape index (κ2) is 13.1. The summed E-state index contributed by atoms with van der Waals surface area (Å²) in [5.74, 6) is -0.909. The average Bonchev–Trinajstić information content (AvgIpc) is 3.35. The third-order valence-corrected chi connectivity index (χ3v) is 6.74. The summed E-state index contributed by atoms with van der Waals surface area (Å²) in [6.07, 6.45) is 3.26. The van der Waals surface area contributed by atoms with Crippen LogP contribution in [0, 0.1) is 5.92 Å². The van der Waals surface area contributed by atoms with Gasteiger partial charge in [0.2, 0.25) is 5.91 Å². The first-order chi connectivity index (χ1) is 18.8. The lowest BCUT2D eigenvalue weighted by Crippen LogP contribution is -2.45. The molecule has 4 N–H and O–H groups in total. The predicted octanol–water partition coefficient (Wildman–Crippen LogP) is 3.68. The van der Waals surface area contributed by atoms with Crippen molar-refractivity contribution in [3.05, 3.63) is 59.8 Å². The molecule has 1 aliphatic rings. The monoisotopic (exact) mass is 554 g/mol. The Morgan fingerprint density at radius 1 is 1.15 bits per heavy atom. The topological polar surface area (TPSA) is 138 Å². The van der Waals surface area contributed by atoms with Crippen molar-refractivity contribution in [1.82, 2.24) is 20.0 Å². The largest absolute Gasteiger partial charge is 0.492 e. The van der Waals surface area contributed by atoms with Gasteiger partial charge in [-0.15, -0.1) is 0 Å². The molecule has 1 saturated heterocycles. The van der Waals surface area contributed by atoms with Crippen LogP contribution in [0.2, 0.25) is 5.02 Å². The van der Waals surface area contributed by atoms with Crippen LogP contribution in [0.15, 0.2) is 54.7 Å². The number of carboxylic acid groups (broad SMARTS) is 1. The number of urea groups is 1. The van der Waals surface area contributed by atoms with E-state index in [1.165, 1.54) is 0 Å². The minimum Gasteiger partial charge on any atom is -0.492 e. The van der Waals surface area contributed by atoms with Crippen LogP contribution in [0.3, 0.4) is 0 Å². The Balaban J connectivity index is 1.39. The maximum atomic E-state index is 12.6. The Labute approximate surface area is 231 Å². The number of nitrogens with zero attached hydrogens (tertiary/aromatic N) is 3. The zero-order valence-electron chi connectivity index (χ0n) is 21.5. The molecule has 3 aromatic rings. The van der Waals surface area contributed by atoms with Crippen LogP contribution in [-0.4, -0.2) is 70.5 Å². The molecule has 4 rings (SSSR count). The molecule has 12 heteroatoms. The standard InChI is InChI=1S/C27H31ClN6O5/c1-33-23(10-11-30-33)20-15-19(31-27(38)32-22-7-3-2-6-21(22)28)8-9-24(20)39-14-13-34-12-4-5-18(17-34)26(37)29-16-25(35)36/h2-3,6-11,15,18H,4-5,12-14,16-17H2,1H3,(H,29,37)(H,35,36)(H2,31,32,38)/t18-/m0/s1. The number of anilines is 2. The van der Waals surface area contributed by atoms with Gasteiger partial charge in [0.25, 0.3) is 0 Å². The molecular formula is C27H31ClN6O5. The number of aryl methyl sites for hydroxylation is 1. The van der Waals surface area contributed by atoms with E-state index in [0.717, 1.165) is 30.6 Å². The maximum Gasteiger partial charge on any atom is 0.323 e. The number of carbonyl (C=O) groups is 3. The number of para-hydroxylation sites is 1. The van der Waals surface area contributed by atoms with Crippen LogP contribution in [0.4, 0.5) is 16.2 Å². The van der Waals surface area contributed by atoms with E-state index < -0.39 is 12.0 Å². The van der Waals surface area contributed by atoms with Crippen LogP contribution in [-0.2, 0) is 16.6 Å². The highest BCUT2D eigenvalue weighted by Crippen LogP contribution is 2.33. The Kier molecular flexibility index (Phi) is 9.40. The normalized spacial score (nSPS) is 15.4. The molecule has 0 radical (unpaired) electrons. The number of piperidine rings is 1. The van der Waals surface area contributed by atoms with Gasteiger partial charge in [0, 0.05) is 37.6 Å². The van der Waals surface area contributed by atoms with Crippen molar-refractivity contribution in [1.29, 1.82) is 0 Å². The Hall–Kier alpha value is -4.09. The number of halogens is 1. The SMILES string of the molecule is Cn1nccc1-c1cc(NC(=O)Nc2ccccc2Cl)ccc1OCCN1CCC[C@H](C(=O)NCC(=O)O)C1. The molecule has 0 aliphatic carbocycles. The van der Waals surface area contributed by atoms with Crippen molar-refractivity contribution in [3.63, 3.8) is 0 Å². The molecular weight excluding hydrogens is 524 g/mol. The summed E-state index contributed by atoms with van der Waals surface area (Å²) >= 11 is 6.14. The van der Waals surface area contributed by atoms with Crippen LogP contribution < -0.4 is 20.7 Å². The van der Waals surface area contributed by atoms with Crippen LogP contribution in [0.1, 0.15) is 12.8 Å². The van der Waals surface area contributed by atoms with Gasteiger partial charge in [0.15, 0.2) is 0 Å². The molecule has 3 amide bonds. The summed E-state index contributed by atoms with van der Waals surface area (Å²) in [6.45, 7) is 2.00. The number of ether oxygens (including phenoxy) is 1. The lowest BCUT2D eigenvalue weighted by atomic mass is 9.97. The second-order valence-electron chi connectivity index (χ2n) is 9.21. The molecule has 2 heterocycles. The van der Waals surface area contributed by atoms with E-state index in [-0.39, 0.29) is 18.4 Å². The van der Waals surface area contributed by atoms with E-state index in [1.807, 2.05) is 19.2 Å². The summed E-state index contributed by atoms with van der Waals surface area (Å²) < 4.78 is 7.88. The zero-order chi connectivity index (χ0) is 27.8. The highest BCUT2D eigenvalue weighted by molar-refractivity contribution is 6.33. The molecule has 0 bridgehead atoms. The van der Waals surface area contributed by atoms with Gasteiger partial charge in [0.1, 0.15) is 18.9 Å². The van der Waals surface area contributed by atoms with E-state index in [2.05, 4.69) is 25.9 Å². The van der Waals surface area contributed by atoms with E-state index in [4.69, 9.17) is 21.4 Å². The highest BCUT2D eigenvalue weighted by Gasteiger charge is 2.26. The number of nitrogens with one attached hydrogen (secondary N) is 3. The highest BCUT2D eigenvalue weighted by atomic mass is 35.5. The first-order valence-electron chi connectivity index (χ1n) is 12.6. The van der Waals surface area contributed by atoms with E-state index in [0.29, 0.717) is 41.8 Å². The van der Waals surface area contributed by atoms with E-state index >= 15 is 0 Å². The quantitative estimate of drug-likeness (QED) is 0.300. The van der Waals surface area contributed by atoms with Gasteiger partial charge in [-0.2, -0.15) is 5.10 Å². The summed E-state index contributed by atoms with van der Waals surface area (Å²) in [5.41, 5.74) is 2.64. The lowest BCUT2D eigenvalue weighted by Gasteiger charge is -2.31. The molecule has 1 aromatic heterocycles. The number of amides is 3. The summed E-state index contributed by atoms with van der Waals surface area (Å²) in [6, 6.07) is 13.8. The van der Waals surface area contributed by atoms with Crippen LogP contribution >= 0.6 is 11.6 Å². The molecule has 206 valence electrons. The molecule has 39 heavy (non-hydrogen) atoms. The van der Waals surface area contributed by atoms with Gasteiger partial charge in [0.05, 0.1) is 22.3 Å². The minimum atomic E-state index is -1.06. The molecule has 0 saturated carbocycles. The fraction of sp³-hybridized carbons (Fsp3) is 0.333. The van der Waals surface area contributed by atoms with E-state index in [9.17, 15) is 14.4 Å². The number of hydrogen-bond donors (Lipinski definition) is 4. The molecule has 0 unspecified atom stereocenters. The van der Waals surface area contributed by atoms with Crippen molar-refractivity contribution in [3.8, 4) is 17.0 Å². The Morgan fingerprint density at radius 3 is 2.72 bits per heavy atom. The summed E-state index contributed by atoms with van der Waals surface area (Å²) in [7, 11) is 1.83. The average molecular weight is 555 g/mol. The van der Waals surface area contributed by atoms with Crippen molar-refractivity contribution in [2.75, 3.05) is 43.4 Å². The van der Waals surface area contributed by atoms with Gasteiger partial charge in [-0.1, -0.05) is 23.7 Å². The number of carbonyl (C=O) groups excluding carboxylic acids is 2. The zero-order valence-corrected chi connectivity index (χ0v) is 22.3. The molecule has 2 aromatic carbocycles. The predicted molar refractivity (Wildman–Crippen MR) is 148 cm³/mol. The Bertz CT molecular complexity index is 1330. The van der Waals surface area contributed by atoms with Gasteiger partial charge in [-0.3, -0.25) is 19.2 Å². The smallest absolute Gasteiger partial charge is 0.323 e. The first-order valence-corrected chi connectivity index (χ1v) is 13.0. The van der Waals surface area contributed by atoms with Gasteiger partial charge >= 0.3 is 12.0 Å². The van der Waals surface area contributed by atoms with Crippen molar-refractivity contribution in [2.45, 2.75) is 12.8 Å². The van der Waals surface area contributed by atoms with Crippen LogP contribution in [0.5, 0.6) is 5.75 Å². The molecule has 1 atom stereocenters. The van der Waals surface area contributed by atoms with Crippen molar-refractivity contribution in [2.24, 2.45) is 13.0 Å². The van der Waals surface area contributed by atoms with Gasteiger partial charge in [-0.05, 0) is 55.8 Å². The summed E-state index contributed by atoms with van der Waals surface area (Å²) in [5, 5.41) is 21.5. The minimum absolute atomic E-state index is 0.233. The number of benzene rings is 2. The molecule has 11 nitrogen and oxygen atoms in total. The summed E-state index contributed by atoms with van der Waals surface area (Å²) in [4.78, 5) is 37.8. The van der Waals surface area contributed by atoms with Crippen LogP contribution in [0.25, 0.3) is 11.3 Å². The number of aromatic nitrogens is 2. The lowest BCUT2D eigenvalue weighted by molar-refractivity contribution is -0.138. The van der Waals surface area contributed by atoms with Crippen molar-refractivity contribution >= 4 is 40.9 Å². The van der Waals surface area contributed by atoms with Gasteiger partial charge < -0.3 is 25.8 Å². The number of carboxylic acids is 1. The number of likely N-dealkylation sites (tertiary alicyclic amines) is 1. The number of hydrogen-bond acceptors (Lipinski definition) is 6. The Morgan fingerprint density at radius 2 is 1.97 bits per heavy atom. The fourth-order valence-corrected chi connectivity index (χ4v) is 4.67. The fourth-order valence-electron chi connectivity index (χ4n) is 4.48. The maximum absolute atomic E-state index is 12.6. The van der Waals surface area contributed by atoms with Crippen molar-refractivity contribution < 1.29 is 24.2 Å².